The minimum absolute atomic E-state index is 0.0604. The summed E-state index contributed by atoms with van der Waals surface area (Å²) in [5.41, 5.74) is 0.953. The third-order valence-electron chi connectivity index (χ3n) is 2.75. The summed E-state index contributed by atoms with van der Waals surface area (Å²) >= 11 is 0. The third-order valence-corrected chi connectivity index (χ3v) is 4.05. The van der Waals surface area contributed by atoms with E-state index >= 15 is 0 Å². The zero-order valence-corrected chi connectivity index (χ0v) is 11.5. The maximum atomic E-state index is 11.9. The lowest BCUT2D eigenvalue weighted by Gasteiger charge is -2.16. The monoisotopic (exact) mass is 282 g/mol. The second kappa shape index (κ2) is 5.05. The number of esters is 1. The lowest BCUT2D eigenvalue weighted by Crippen LogP contribution is -2.17. The van der Waals surface area contributed by atoms with Gasteiger partial charge in [-0.3, -0.25) is 0 Å². The van der Waals surface area contributed by atoms with Gasteiger partial charge in [-0.1, -0.05) is 12.1 Å². The molecule has 0 N–H and O–H groups in total. The summed E-state index contributed by atoms with van der Waals surface area (Å²) in [7, 11) is -3.88. The number of hydrogen-bond acceptors (Lipinski definition) is 5. The lowest BCUT2D eigenvalue weighted by atomic mass is 10.0. The summed E-state index contributed by atoms with van der Waals surface area (Å²) in [4.78, 5) is 11.9. The van der Waals surface area contributed by atoms with Crippen LogP contribution in [0.4, 0.5) is 0 Å². The molecule has 2 bridgehead atoms. The van der Waals surface area contributed by atoms with Crippen LogP contribution in [0.1, 0.15) is 19.4 Å². The molecule has 0 unspecified atom stereocenters. The van der Waals surface area contributed by atoms with Crippen LogP contribution in [0.2, 0.25) is 0 Å². The molecule has 1 heterocycles. The summed E-state index contributed by atoms with van der Waals surface area (Å²) in [5.74, 6) is -0.493. The second-order valence-electron chi connectivity index (χ2n) is 4.12. The predicted octanol–water partition coefficient (Wildman–Crippen LogP) is 1.79. The molecule has 1 aliphatic rings. The van der Waals surface area contributed by atoms with Gasteiger partial charge in [-0.05, 0) is 31.5 Å². The van der Waals surface area contributed by atoms with E-state index in [1.807, 2.05) is 0 Å². The highest BCUT2D eigenvalue weighted by atomic mass is 32.2. The van der Waals surface area contributed by atoms with Crippen molar-refractivity contribution in [3.63, 3.8) is 0 Å². The second-order valence-corrected chi connectivity index (χ2v) is 5.66. The normalized spacial score (nSPS) is 17.2. The van der Waals surface area contributed by atoms with Crippen molar-refractivity contribution >= 4 is 16.1 Å². The highest BCUT2D eigenvalue weighted by Gasteiger charge is 2.25. The Balaban J connectivity index is 2.52. The Morgan fingerprint density at radius 1 is 1.42 bits per heavy atom. The zero-order valence-electron chi connectivity index (χ0n) is 10.7. The van der Waals surface area contributed by atoms with E-state index in [-0.39, 0.29) is 29.3 Å². The average Bonchev–Trinajstić information content (AvgIpc) is 2.35. The van der Waals surface area contributed by atoms with E-state index in [4.69, 9.17) is 8.92 Å². The van der Waals surface area contributed by atoms with Crippen molar-refractivity contribution in [3.05, 3.63) is 41.2 Å². The maximum Gasteiger partial charge on any atom is 0.338 e. The van der Waals surface area contributed by atoms with E-state index in [0.717, 1.165) is 5.56 Å². The van der Waals surface area contributed by atoms with Crippen LogP contribution in [0.25, 0.3) is 0 Å². The molecule has 2 rings (SSSR count). The lowest BCUT2D eigenvalue weighted by molar-refractivity contribution is -0.138. The molecule has 1 aromatic rings. The van der Waals surface area contributed by atoms with Gasteiger partial charge < -0.3 is 8.92 Å². The maximum absolute atomic E-state index is 11.9. The number of fused-ring (bicyclic) bond motifs is 2. The Bertz CT molecular complexity index is 643. The molecule has 6 heteroatoms. The van der Waals surface area contributed by atoms with E-state index in [2.05, 4.69) is 0 Å². The molecule has 19 heavy (non-hydrogen) atoms. The molecule has 0 amide bonds. The van der Waals surface area contributed by atoms with Crippen LogP contribution in [0.3, 0.4) is 0 Å². The molecular weight excluding hydrogens is 268 g/mol. The largest absolute Gasteiger partial charge is 0.463 e. The van der Waals surface area contributed by atoms with Crippen molar-refractivity contribution in [1.29, 1.82) is 0 Å². The minimum atomic E-state index is -3.88. The number of ether oxygens (including phenoxy) is 1. The van der Waals surface area contributed by atoms with Crippen molar-refractivity contribution < 1.29 is 22.1 Å². The number of carbonyl (C=O) groups excluding carboxylic acids is 1. The standard InChI is InChI=1S/C13H14O5S/c1-3-17-13(14)12-8-10-5-4-6-11(7-10)19(15,16)18-9(12)2/h4-7H,3,8H2,1-2H3. The van der Waals surface area contributed by atoms with Crippen molar-refractivity contribution in [2.45, 2.75) is 25.2 Å². The number of allylic oxidation sites excluding steroid dienone is 1. The molecule has 102 valence electrons. The van der Waals surface area contributed by atoms with Crippen LogP contribution in [0, 0.1) is 0 Å². The molecule has 0 fully saturated rings. The van der Waals surface area contributed by atoms with Crippen LogP contribution < -0.4 is 0 Å². The first-order valence-electron chi connectivity index (χ1n) is 5.84. The Kier molecular flexibility index (Phi) is 3.61. The van der Waals surface area contributed by atoms with Gasteiger partial charge >= 0.3 is 16.1 Å². The molecule has 1 aliphatic heterocycles. The van der Waals surface area contributed by atoms with Gasteiger partial charge in [-0.2, -0.15) is 8.42 Å². The van der Waals surface area contributed by atoms with E-state index in [1.54, 1.807) is 19.1 Å². The predicted molar refractivity (Wildman–Crippen MR) is 67.7 cm³/mol. The summed E-state index contributed by atoms with van der Waals surface area (Å²) in [5, 5.41) is 0. The number of rotatable bonds is 2. The number of carbonyl (C=O) groups is 1. The quantitative estimate of drug-likeness (QED) is 0.611. The van der Waals surface area contributed by atoms with Crippen LogP contribution in [0.5, 0.6) is 0 Å². The van der Waals surface area contributed by atoms with Gasteiger partial charge in [0.2, 0.25) is 0 Å². The van der Waals surface area contributed by atoms with Crippen molar-refractivity contribution in [3.8, 4) is 0 Å². The summed E-state index contributed by atoms with van der Waals surface area (Å²) in [6.07, 6.45) is 0.286. The SMILES string of the molecule is CCOC(=O)C1=C(C)OS(=O)(=O)c2cccc(c2)C1. The van der Waals surface area contributed by atoms with Crippen LogP contribution in [0.15, 0.2) is 40.5 Å². The molecule has 0 spiro atoms. The molecule has 0 radical (unpaired) electrons. The molecule has 0 saturated carbocycles. The smallest absolute Gasteiger partial charge is 0.338 e. The Hall–Kier alpha value is -1.82. The summed E-state index contributed by atoms with van der Waals surface area (Å²) in [6, 6.07) is 6.34. The fourth-order valence-electron chi connectivity index (χ4n) is 1.84. The number of hydrogen-bond donors (Lipinski definition) is 0. The Labute approximate surface area is 112 Å². The van der Waals surface area contributed by atoms with E-state index < -0.39 is 16.1 Å². The fourth-order valence-corrected chi connectivity index (χ4v) is 2.90. The van der Waals surface area contributed by atoms with Crippen LogP contribution in [-0.2, 0) is 30.3 Å². The highest BCUT2D eigenvalue weighted by Crippen LogP contribution is 2.25. The van der Waals surface area contributed by atoms with Gasteiger partial charge in [0.05, 0.1) is 12.2 Å². The van der Waals surface area contributed by atoms with Crippen molar-refractivity contribution in [2.75, 3.05) is 6.61 Å². The molecule has 0 saturated heterocycles. The summed E-state index contributed by atoms with van der Waals surface area (Å²) < 4.78 is 33.8. The van der Waals surface area contributed by atoms with Crippen LogP contribution >= 0.6 is 0 Å². The van der Waals surface area contributed by atoms with Gasteiger partial charge in [-0.25, -0.2) is 4.79 Å². The third kappa shape index (κ3) is 2.78. The van der Waals surface area contributed by atoms with E-state index in [1.165, 1.54) is 19.1 Å². The molecule has 0 aliphatic carbocycles. The van der Waals surface area contributed by atoms with Crippen LogP contribution in [-0.4, -0.2) is 21.0 Å². The molecular formula is C13H14O5S. The van der Waals surface area contributed by atoms with Gasteiger partial charge in [-0.15, -0.1) is 0 Å². The average molecular weight is 282 g/mol. The molecule has 5 nitrogen and oxygen atoms in total. The topological polar surface area (TPSA) is 69.7 Å². The van der Waals surface area contributed by atoms with E-state index in [0.29, 0.717) is 0 Å². The summed E-state index contributed by atoms with van der Waals surface area (Å²) in [6.45, 7) is 3.37. The van der Waals surface area contributed by atoms with Gasteiger partial charge in [0.25, 0.3) is 0 Å². The Morgan fingerprint density at radius 3 is 2.84 bits per heavy atom. The number of benzene rings is 1. The van der Waals surface area contributed by atoms with Gasteiger partial charge in [0.15, 0.2) is 0 Å². The molecule has 0 atom stereocenters. The Morgan fingerprint density at radius 2 is 2.16 bits per heavy atom. The minimum Gasteiger partial charge on any atom is -0.463 e. The van der Waals surface area contributed by atoms with Gasteiger partial charge in [0.1, 0.15) is 10.7 Å². The first kappa shape index (κ1) is 13.6. The van der Waals surface area contributed by atoms with Gasteiger partial charge in [0, 0.05) is 6.42 Å². The molecule has 1 aromatic carbocycles. The fraction of sp³-hybridized carbons (Fsp3) is 0.308. The zero-order chi connectivity index (χ0) is 14.0. The molecule has 0 aromatic heterocycles. The van der Waals surface area contributed by atoms with Crippen molar-refractivity contribution in [1.82, 2.24) is 0 Å². The van der Waals surface area contributed by atoms with E-state index in [9.17, 15) is 13.2 Å². The first-order chi connectivity index (χ1) is 8.94. The first-order valence-corrected chi connectivity index (χ1v) is 7.25. The highest BCUT2D eigenvalue weighted by molar-refractivity contribution is 7.86. The van der Waals surface area contributed by atoms with Crippen molar-refractivity contribution in [2.24, 2.45) is 0 Å².